The van der Waals surface area contributed by atoms with Crippen LogP contribution in [0.2, 0.25) is 0 Å². The van der Waals surface area contributed by atoms with Crippen LogP contribution in [0.1, 0.15) is 13.8 Å². The van der Waals surface area contributed by atoms with E-state index in [-0.39, 0.29) is 30.3 Å². The van der Waals surface area contributed by atoms with Crippen LogP contribution in [-0.2, 0) is 18.4 Å². The van der Waals surface area contributed by atoms with Crippen molar-refractivity contribution >= 4 is 18.3 Å². The Bertz CT molecular complexity index is 606. The average molecular weight is 319 g/mol. The maximum atomic E-state index is 12.1. The molecule has 0 atom stereocenters. The van der Waals surface area contributed by atoms with Gasteiger partial charge in [0.15, 0.2) is 0 Å². The van der Waals surface area contributed by atoms with E-state index in [1.54, 1.807) is 11.9 Å². The van der Waals surface area contributed by atoms with Crippen LogP contribution in [0, 0.1) is 5.41 Å². The largest absolute Gasteiger partial charge is 0.344 e. The van der Waals surface area contributed by atoms with Gasteiger partial charge in [-0.05, 0) is 12.0 Å². The molecular formula is C13H23ClN4O3. The van der Waals surface area contributed by atoms with Crippen LogP contribution >= 0.6 is 12.4 Å². The maximum Gasteiger partial charge on any atom is 0.331 e. The van der Waals surface area contributed by atoms with Crippen LogP contribution in [0.15, 0.2) is 21.9 Å². The zero-order chi connectivity index (χ0) is 15.5. The Morgan fingerprint density at radius 1 is 1.38 bits per heavy atom. The molecule has 0 bridgehead atoms. The molecule has 120 valence electrons. The summed E-state index contributed by atoms with van der Waals surface area (Å²) in [6, 6.07) is 1.26. The van der Waals surface area contributed by atoms with Gasteiger partial charge in [-0.25, -0.2) is 4.79 Å². The highest BCUT2D eigenvalue weighted by Gasteiger charge is 2.21. The predicted molar refractivity (Wildman–Crippen MR) is 83.7 cm³/mol. The lowest BCUT2D eigenvalue weighted by Gasteiger charge is -2.29. The third kappa shape index (κ3) is 5.02. The predicted octanol–water partition coefficient (Wildman–Crippen LogP) is -0.588. The van der Waals surface area contributed by atoms with Crippen molar-refractivity contribution in [2.75, 3.05) is 20.1 Å². The van der Waals surface area contributed by atoms with E-state index in [9.17, 15) is 14.4 Å². The molecule has 1 heterocycles. The second-order valence-electron chi connectivity index (χ2n) is 5.74. The number of aromatic nitrogens is 2. The van der Waals surface area contributed by atoms with Crippen molar-refractivity contribution in [3.8, 4) is 0 Å². The van der Waals surface area contributed by atoms with Crippen molar-refractivity contribution in [1.29, 1.82) is 0 Å². The molecule has 0 aliphatic rings. The Morgan fingerprint density at radius 2 is 1.95 bits per heavy atom. The lowest BCUT2D eigenvalue weighted by atomic mass is 9.93. The molecule has 0 saturated carbocycles. The molecule has 1 aromatic rings. The van der Waals surface area contributed by atoms with Gasteiger partial charge in [0.1, 0.15) is 6.54 Å². The number of hydrogen-bond acceptors (Lipinski definition) is 4. The molecule has 0 aliphatic heterocycles. The molecule has 0 aliphatic carbocycles. The van der Waals surface area contributed by atoms with E-state index in [1.807, 2.05) is 13.8 Å². The van der Waals surface area contributed by atoms with Gasteiger partial charge < -0.3 is 10.6 Å². The molecule has 21 heavy (non-hydrogen) atoms. The first-order chi connectivity index (χ1) is 9.18. The number of rotatable bonds is 5. The van der Waals surface area contributed by atoms with Crippen molar-refractivity contribution in [3.63, 3.8) is 0 Å². The highest BCUT2D eigenvalue weighted by Crippen LogP contribution is 2.13. The van der Waals surface area contributed by atoms with Gasteiger partial charge in [0.25, 0.3) is 5.56 Å². The van der Waals surface area contributed by atoms with Crippen LogP contribution in [0.25, 0.3) is 0 Å². The van der Waals surface area contributed by atoms with Gasteiger partial charge in [-0.2, -0.15) is 0 Å². The van der Waals surface area contributed by atoms with Crippen molar-refractivity contribution < 1.29 is 4.79 Å². The van der Waals surface area contributed by atoms with Crippen LogP contribution in [0.5, 0.6) is 0 Å². The molecule has 1 aromatic heterocycles. The summed E-state index contributed by atoms with van der Waals surface area (Å²) in [6.07, 6.45) is 1.34. The number of hydrogen-bond donors (Lipinski definition) is 1. The SMILES string of the molecule is CN(CC(C)(C)CN)C(=O)Cn1ccc(=O)n(C)c1=O.Cl. The molecule has 2 N–H and O–H groups in total. The summed E-state index contributed by atoms with van der Waals surface area (Å²) in [7, 11) is 3.06. The summed E-state index contributed by atoms with van der Waals surface area (Å²) in [5.74, 6) is -0.202. The van der Waals surface area contributed by atoms with E-state index in [0.29, 0.717) is 13.1 Å². The summed E-state index contributed by atoms with van der Waals surface area (Å²) in [6.45, 7) is 4.81. The van der Waals surface area contributed by atoms with Gasteiger partial charge in [-0.15, -0.1) is 12.4 Å². The summed E-state index contributed by atoms with van der Waals surface area (Å²) >= 11 is 0. The Labute approximate surface area is 129 Å². The molecular weight excluding hydrogens is 296 g/mol. The van der Waals surface area contributed by atoms with E-state index >= 15 is 0 Å². The molecule has 1 amide bonds. The minimum absolute atomic E-state index is 0. The Kier molecular flexibility index (Phi) is 6.85. The fraction of sp³-hybridized carbons (Fsp3) is 0.615. The maximum absolute atomic E-state index is 12.1. The number of carbonyl (C=O) groups is 1. The Hall–Kier alpha value is -1.60. The quantitative estimate of drug-likeness (QED) is 0.786. The normalized spacial score (nSPS) is 10.9. The highest BCUT2D eigenvalue weighted by atomic mass is 35.5. The van der Waals surface area contributed by atoms with Gasteiger partial charge in [0, 0.05) is 32.9 Å². The smallest absolute Gasteiger partial charge is 0.331 e. The summed E-state index contributed by atoms with van der Waals surface area (Å²) < 4.78 is 2.19. The third-order valence-corrected chi connectivity index (χ3v) is 3.21. The Morgan fingerprint density at radius 3 is 2.48 bits per heavy atom. The van der Waals surface area contributed by atoms with E-state index < -0.39 is 11.2 Å². The van der Waals surface area contributed by atoms with Gasteiger partial charge in [0.2, 0.25) is 5.91 Å². The van der Waals surface area contributed by atoms with Crippen LogP contribution in [-0.4, -0.2) is 40.1 Å². The fourth-order valence-electron chi connectivity index (χ4n) is 1.80. The third-order valence-electron chi connectivity index (χ3n) is 3.21. The van der Waals surface area contributed by atoms with Gasteiger partial charge in [-0.3, -0.25) is 18.7 Å². The van der Waals surface area contributed by atoms with Gasteiger partial charge >= 0.3 is 5.69 Å². The number of carbonyl (C=O) groups excluding carboxylic acids is 1. The van der Waals surface area contributed by atoms with Crippen LogP contribution < -0.4 is 17.0 Å². The standard InChI is InChI=1S/C13H22N4O3.ClH/c1-13(2,8-14)9-15(3)11(19)7-17-6-5-10(18)16(4)12(17)20;/h5-6H,7-9,14H2,1-4H3;1H. The highest BCUT2D eigenvalue weighted by molar-refractivity contribution is 5.85. The van der Waals surface area contributed by atoms with Crippen LogP contribution in [0.3, 0.4) is 0 Å². The molecule has 8 heteroatoms. The van der Waals surface area contributed by atoms with Crippen molar-refractivity contribution in [1.82, 2.24) is 14.0 Å². The zero-order valence-electron chi connectivity index (χ0n) is 12.8. The van der Waals surface area contributed by atoms with Crippen LogP contribution in [0.4, 0.5) is 0 Å². The Balaban J connectivity index is 0.00000400. The second-order valence-corrected chi connectivity index (χ2v) is 5.74. The van der Waals surface area contributed by atoms with Crippen molar-refractivity contribution in [3.05, 3.63) is 33.1 Å². The minimum Gasteiger partial charge on any atom is -0.344 e. The summed E-state index contributed by atoms with van der Waals surface area (Å²) in [5, 5.41) is 0. The monoisotopic (exact) mass is 318 g/mol. The minimum atomic E-state index is -0.502. The number of nitrogens with zero attached hydrogens (tertiary/aromatic N) is 3. The molecule has 7 nitrogen and oxygen atoms in total. The lowest BCUT2D eigenvalue weighted by molar-refractivity contribution is -0.131. The number of amides is 1. The first kappa shape index (κ1) is 19.4. The molecule has 0 fully saturated rings. The molecule has 0 aromatic carbocycles. The van der Waals surface area contributed by atoms with E-state index in [0.717, 1.165) is 4.57 Å². The van der Waals surface area contributed by atoms with Crippen molar-refractivity contribution in [2.24, 2.45) is 18.2 Å². The summed E-state index contributed by atoms with van der Waals surface area (Å²) in [5.41, 5.74) is 4.56. The van der Waals surface area contributed by atoms with Gasteiger partial charge in [0.05, 0.1) is 0 Å². The van der Waals surface area contributed by atoms with E-state index in [1.165, 1.54) is 23.9 Å². The first-order valence-electron chi connectivity index (χ1n) is 6.38. The van der Waals surface area contributed by atoms with E-state index in [4.69, 9.17) is 5.73 Å². The number of likely N-dealkylation sites (N-methyl/N-ethyl adjacent to an activating group) is 1. The molecule has 1 rings (SSSR count). The topological polar surface area (TPSA) is 90.3 Å². The molecule has 0 spiro atoms. The number of nitrogens with two attached hydrogens (primary N) is 1. The first-order valence-corrected chi connectivity index (χ1v) is 6.38. The molecule has 0 radical (unpaired) electrons. The zero-order valence-corrected chi connectivity index (χ0v) is 13.6. The fourth-order valence-corrected chi connectivity index (χ4v) is 1.80. The average Bonchev–Trinajstić information content (AvgIpc) is 2.39. The van der Waals surface area contributed by atoms with Gasteiger partial charge in [-0.1, -0.05) is 13.8 Å². The lowest BCUT2D eigenvalue weighted by Crippen LogP contribution is -2.44. The van der Waals surface area contributed by atoms with Crippen molar-refractivity contribution in [2.45, 2.75) is 20.4 Å². The van der Waals surface area contributed by atoms with E-state index in [2.05, 4.69) is 0 Å². The summed E-state index contributed by atoms with van der Waals surface area (Å²) in [4.78, 5) is 36.7. The second kappa shape index (κ2) is 7.42. The molecule has 0 saturated heterocycles. The molecule has 0 unspecified atom stereocenters. The number of halogens is 1.